The van der Waals surface area contributed by atoms with E-state index in [4.69, 9.17) is 4.52 Å². The summed E-state index contributed by atoms with van der Waals surface area (Å²) < 4.78 is 18.0. The van der Waals surface area contributed by atoms with E-state index in [1.54, 1.807) is 24.4 Å². The molecule has 2 aromatic heterocycles. The van der Waals surface area contributed by atoms with Gasteiger partial charge in [-0.1, -0.05) is 5.16 Å². The minimum absolute atomic E-state index is 0.0296. The number of benzene rings is 1. The summed E-state index contributed by atoms with van der Waals surface area (Å²) >= 11 is 1.37. The predicted octanol–water partition coefficient (Wildman–Crippen LogP) is 2.88. The van der Waals surface area contributed by atoms with E-state index in [-0.39, 0.29) is 30.5 Å². The van der Waals surface area contributed by atoms with E-state index in [0.717, 1.165) is 16.8 Å². The van der Waals surface area contributed by atoms with E-state index >= 15 is 0 Å². The van der Waals surface area contributed by atoms with Crippen molar-refractivity contribution in [3.05, 3.63) is 58.2 Å². The van der Waals surface area contributed by atoms with Crippen LogP contribution in [-0.2, 0) is 22.4 Å². The smallest absolute Gasteiger partial charge is 0.244 e. The van der Waals surface area contributed by atoms with Crippen LogP contribution < -0.4 is 10.9 Å². The maximum Gasteiger partial charge on any atom is 0.244 e. The third-order valence-electron chi connectivity index (χ3n) is 4.11. The standard InChI is InChI=1S/C19H19FN4O3S/c1-11-16(12(2)27-24-11)7-8-17(25)22-23-18(26)9-15-10-28-19(21-15)13-3-5-14(20)6-4-13/h3-6,10H,7-9H2,1-2H3,(H,22,25)(H,23,26). The molecule has 2 amide bonds. The van der Waals surface area contributed by atoms with E-state index < -0.39 is 0 Å². The maximum absolute atomic E-state index is 13.0. The first-order valence-corrected chi connectivity index (χ1v) is 9.50. The minimum atomic E-state index is -0.373. The second-order valence-corrected chi connectivity index (χ2v) is 7.08. The average molecular weight is 402 g/mol. The van der Waals surface area contributed by atoms with Crippen molar-refractivity contribution in [2.75, 3.05) is 0 Å². The lowest BCUT2D eigenvalue weighted by Crippen LogP contribution is -2.42. The first kappa shape index (κ1) is 19.7. The Bertz CT molecular complexity index is 962. The minimum Gasteiger partial charge on any atom is -0.361 e. The molecule has 0 aliphatic carbocycles. The molecule has 7 nitrogen and oxygen atoms in total. The molecule has 9 heteroatoms. The molecule has 0 atom stereocenters. The number of hydrazine groups is 1. The molecular weight excluding hydrogens is 383 g/mol. The van der Waals surface area contributed by atoms with Crippen molar-refractivity contribution in [2.24, 2.45) is 0 Å². The average Bonchev–Trinajstić information content (AvgIpc) is 3.26. The Labute approximate surface area is 164 Å². The predicted molar refractivity (Wildman–Crippen MR) is 102 cm³/mol. The Morgan fingerprint density at radius 3 is 2.54 bits per heavy atom. The fourth-order valence-corrected chi connectivity index (χ4v) is 3.45. The van der Waals surface area contributed by atoms with Crippen molar-refractivity contribution < 1.29 is 18.5 Å². The number of halogens is 1. The van der Waals surface area contributed by atoms with Gasteiger partial charge in [-0.05, 0) is 44.5 Å². The van der Waals surface area contributed by atoms with Crippen molar-refractivity contribution in [1.29, 1.82) is 0 Å². The number of nitrogens with zero attached hydrogens (tertiary/aromatic N) is 2. The van der Waals surface area contributed by atoms with Crippen molar-refractivity contribution in [1.82, 2.24) is 21.0 Å². The van der Waals surface area contributed by atoms with Crippen LogP contribution in [0.4, 0.5) is 4.39 Å². The van der Waals surface area contributed by atoms with Gasteiger partial charge in [-0.25, -0.2) is 9.37 Å². The first-order chi connectivity index (χ1) is 13.4. The number of aryl methyl sites for hydroxylation is 2. The van der Waals surface area contributed by atoms with Crippen molar-refractivity contribution in [3.63, 3.8) is 0 Å². The zero-order valence-electron chi connectivity index (χ0n) is 15.4. The highest BCUT2D eigenvalue weighted by atomic mass is 32.1. The third kappa shape index (κ3) is 5.01. The van der Waals surface area contributed by atoms with Gasteiger partial charge in [0, 0.05) is 22.9 Å². The molecule has 0 aliphatic heterocycles. The van der Waals surface area contributed by atoms with Crippen LogP contribution in [0, 0.1) is 19.7 Å². The molecule has 2 heterocycles. The quantitative estimate of drug-likeness (QED) is 0.618. The van der Waals surface area contributed by atoms with Crippen molar-refractivity contribution in [3.8, 4) is 10.6 Å². The number of amides is 2. The second-order valence-electron chi connectivity index (χ2n) is 6.23. The van der Waals surface area contributed by atoms with Crippen LogP contribution in [-0.4, -0.2) is 22.0 Å². The van der Waals surface area contributed by atoms with Gasteiger partial charge >= 0.3 is 0 Å². The summed E-state index contributed by atoms with van der Waals surface area (Å²) in [4.78, 5) is 28.3. The van der Waals surface area contributed by atoms with Crippen molar-refractivity contribution >= 4 is 23.2 Å². The molecule has 0 aliphatic rings. The molecule has 0 spiro atoms. The van der Waals surface area contributed by atoms with Gasteiger partial charge in [0.25, 0.3) is 0 Å². The van der Waals surface area contributed by atoms with E-state index in [0.29, 0.717) is 22.9 Å². The van der Waals surface area contributed by atoms with Gasteiger partial charge in [0.1, 0.15) is 16.6 Å². The Kier molecular flexibility index (Phi) is 6.15. The number of carbonyl (C=O) groups excluding carboxylic acids is 2. The van der Waals surface area contributed by atoms with Crippen LogP contribution in [0.3, 0.4) is 0 Å². The molecule has 1 aromatic carbocycles. The van der Waals surface area contributed by atoms with Crippen LogP contribution >= 0.6 is 11.3 Å². The molecular formula is C19H19FN4O3S. The molecule has 0 unspecified atom stereocenters. The summed E-state index contributed by atoms with van der Waals surface area (Å²) in [7, 11) is 0. The van der Waals surface area contributed by atoms with Crippen LogP contribution in [0.5, 0.6) is 0 Å². The van der Waals surface area contributed by atoms with Gasteiger partial charge in [-0.15, -0.1) is 11.3 Å². The molecule has 146 valence electrons. The molecule has 0 bridgehead atoms. The Morgan fingerprint density at radius 2 is 1.86 bits per heavy atom. The molecule has 3 aromatic rings. The summed E-state index contributed by atoms with van der Waals surface area (Å²) in [6.45, 7) is 3.61. The fraction of sp³-hybridized carbons (Fsp3) is 0.263. The number of carbonyl (C=O) groups is 2. The number of nitrogens with one attached hydrogen (secondary N) is 2. The number of thiazole rings is 1. The number of hydrogen-bond acceptors (Lipinski definition) is 6. The topological polar surface area (TPSA) is 97.1 Å². The maximum atomic E-state index is 13.0. The normalized spacial score (nSPS) is 10.7. The lowest BCUT2D eigenvalue weighted by molar-refractivity contribution is -0.128. The molecule has 0 saturated carbocycles. The number of rotatable bonds is 6. The zero-order valence-corrected chi connectivity index (χ0v) is 16.2. The van der Waals surface area contributed by atoms with Gasteiger partial charge in [0.05, 0.1) is 17.8 Å². The fourth-order valence-electron chi connectivity index (χ4n) is 2.62. The summed E-state index contributed by atoms with van der Waals surface area (Å²) in [6.07, 6.45) is 0.715. The highest BCUT2D eigenvalue weighted by Crippen LogP contribution is 2.24. The third-order valence-corrected chi connectivity index (χ3v) is 5.05. The Morgan fingerprint density at radius 1 is 1.14 bits per heavy atom. The first-order valence-electron chi connectivity index (χ1n) is 8.62. The van der Waals surface area contributed by atoms with Crippen LogP contribution in [0.15, 0.2) is 34.2 Å². The summed E-state index contributed by atoms with van der Waals surface area (Å²) in [5.41, 5.74) is 7.80. The van der Waals surface area contributed by atoms with Crippen molar-refractivity contribution in [2.45, 2.75) is 33.1 Å². The van der Waals surface area contributed by atoms with Gasteiger partial charge < -0.3 is 4.52 Å². The summed E-state index contributed by atoms with van der Waals surface area (Å²) in [6, 6.07) is 6.00. The van der Waals surface area contributed by atoms with Crippen LogP contribution in [0.25, 0.3) is 10.6 Å². The Hall–Kier alpha value is -3.07. The Balaban J connectivity index is 1.45. The largest absolute Gasteiger partial charge is 0.361 e. The van der Waals surface area contributed by atoms with E-state index in [1.165, 1.54) is 23.5 Å². The highest BCUT2D eigenvalue weighted by molar-refractivity contribution is 7.13. The number of hydrogen-bond donors (Lipinski definition) is 2. The number of aromatic nitrogens is 2. The van der Waals surface area contributed by atoms with Gasteiger partial charge in [0.15, 0.2) is 0 Å². The second kappa shape index (κ2) is 8.75. The lowest BCUT2D eigenvalue weighted by Gasteiger charge is -2.06. The van der Waals surface area contributed by atoms with E-state index in [9.17, 15) is 14.0 Å². The summed E-state index contributed by atoms with van der Waals surface area (Å²) in [5.74, 6) is -0.305. The van der Waals surface area contributed by atoms with Gasteiger partial charge in [-0.3, -0.25) is 20.4 Å². The van der Waals surface area contributed by atoms with Gasteiger partial charge in [-0.2, -0.15) is 0 Å². The van der Waals surface area contributed by atoms with E-state index in [1.807, 2.05) is 6.92 Å². The van der Waals surface area contributed by atoms with Gasteiger partial charge in [0.2, 0.25) is 11.8 Å². The molecule has 28 heavy (non-hydrogen) atoms. The molecule has 0 radical (unpaired) electrons. The molecule has 0 saturated heterocycles. The van der Waals surface area contributed by atoms with Crippen LogP contribution in [0.1, 0.15) is 29.1 Å². The van der Waals surface area contributed by atoms with E-state index in [2.05, 4.69) is 21.0 Å². The molecule has 0 fully saturated rings. The highest BCUT2D eigenvalue weighted by Gasteiger charge is 2.13. The SMILES string of the molecule is Cc1noc(C)c1CCC(=O)NNC(=O)Cc1csc(-c2ccc(F)cc2)n1. The monoisotopic (exact) mass is 402 g/mol. The molecule has 2 N–H and O–H groups in total. The van der Waals surface area contributed by atoms with Crippen LogP contribution in [0.2, 0.25) is 0 Å². The lowest BCUT2D eigenvalue weighted by atomic mass is 10.1. The summed E-state index contributed by atoms with van der Waals surface area (Å²) in [5, 5.41) is 6.30. The zero-order chi connectivity index (χ0) is 20.1. The molecule has 3 rings (SSSR count).